The molecule has 1 aromatic heterocycles. The zero-order chi connectivity index (χ0) is 8.10. The Morgan fingerprint density at radius 3 is 2.67 bits per heavy atom. The van der Waals surface area contributed by atoms with Gasteiger partial charge < -0.3 is 17.5 Å². The average Bonchev–Trinajstić information content (AvgIpc) is 2.37. The Hall–Kier alpha value is -0.540. The first-order valence-corrected chi connectivity index (χ1v) is 3.95. The van der Waals surface area contributed by atoms with Crippen LogP contribution in [0.3, 0.4) is 0 Å². The molecule has 12 heavy (non-hydrogen) atoms. The van der Waals surface area contributed by atoms with Crippen LogP contribution < -0.4 is 17.0 Å². The van der Waals surface area contributed by atoms with Crippen LogP contribution in [0.25, 0.3) is 0 Å². The van der Waals surface area contributed by atoms with E-state index in [4.69, 9.17) is 5.11 Å². The number of rotatable bonds is 4. The van der Waals surface area contributed by atoms with Gasteiger partial charge in [-0.2, -0.15) is 0 Å². The molecule has 3 nitrogen and oxygen atoms in total. The van der Waals surface area contributed by atoms with Gasteiger partial charge in [0.25, 0.3) is 0 Å². The summed E-state index contributed by atoms with van der Waals surface area (Å²) in [5.41, 5.74) is 0. The first-order valence-electron chi connectivity index (χ1n) is 3.95. The van der Waals surface area contributed by atoms with E-state index < -0.39 is 0 Å². The highest BCUT2D eigenvalue weighted by molar-refractivity contribution is 4.61. The summed E-state index contributed by atoms with van der Waals surface area (Å²) < 4.78 is 4.13. The second kappa shape index (κ2) is 6.03. The van der Waals surface area contributed by atoms with Crippen LogP contribution in [0, 0.1) is 0 Å². The van der Waals surface area contributed by atoms with E-state index in [0.717, 1.165) is 19.4 Å². The lowest BCUT2D eigenvalue weighted by Crippen LogP contribution is -3.00. The van der Waals surface area contributed by atoms with Crippen molar-refractivity contribution in [2.24, 2.45) is 7.05 Å². The SMILES string of the molecule is Cn1cc[n+](CCCCO)c1.[Cl-]. The number of unbranched alkanes of at least 4 members (excludes halogenated alkanes) is 1. The number of imidazole rings is 1. The average molecular weight is 191 g/mol. The molecule has 1 rings (SSSR count). The summed E-state index contributed by atoms with van der Waals surface area (Å²) in [6.07, 6.45) is 8.03. The molecule has 0 saturated heterocycles. The molecule has 0 spiro atoms. The van der Waals surface area contributed by atoms with Crippen LogP contribution in [0.2, 0.25) is 0 Å². The normalized spacial score (nSPS) is 9.50. The highest BCUT2D eigenvalue weighted by atomic mass is 35.5. The second-order valence-electron chi connectivity index (χ2n) is 2.75. The lowest BCUT2D eigenvalue weighted by atomic mass is 10.3. The molecule has 0 bridgehead atoms. The molecule has 0 radical (unpaired) electrons. The van der Waals surface area contributed by atoms with Crippen molar-refractivity contribution in [3.05, 3.63) is 18.7 Å². The third-order valence-electron chi connectivity index (χ3n) is 1.65. The van der Waals surface area contributed by atoms with Crippen LogP contribution in [-0.4, -0.2) is 16.3 Å². The van der Waals surface area contributed by atoms with Gasteiger partial charge in [-0.25, -0.2) is 9.13 Å². The van der Waals surface area contributed by atoms with E-state index in [1.165, 1.54) is 0 Å². The third-order valence-corrected chi connectivity index (χ3v) is 1.65. The van der Waals surface area contributed by atoms with Crippen molar-refractivity contribution < 1.29 is 22.1 Å². The van der Waals surface area contributed by atoms with Gasteiger partial charge >= 0.3 is 0 Å². The molecule has 0 aliphatic rings. The first kappa shape index (κ1) is 11.5. The minimum absolute atomic E-state index is 0. The standard InChI is InChI=1S/C8H15N2O.ClH/c1-9-5-6-10(8-9)4-2-3-7-11;/h5-6,8,11H,2-4,7H2,1H3;1H/q+1;/p-1. The summed E-state index contributed by atoms with van der Waals surface area (Å²) >= 11 is 0. The van der Waals surface area contributed by atoms with Crippen molar-refractivity contribution in [3.63, 3.8) is 0 Å². The largest absolute Gasteiger partial charge is 1.00 e. The van der Waals surface area contributed by atoms with Crippen molar-refractivity contribution in [1.82, 2.24) is 4.57 Å². The number of nitrogens with zero attached hydrogens (tertiary/aromatic N) is 2. The molecule has 1 N–H and O–H groups in total. The van der Waals surface area contributed by atoms with Gasteiger partial charge in [0.15, 0.2) is 0 Å². The van der Waals surface area contributed by atoms with E-state index in [9.17, 15) is 0 Å². The Morgan fingerprint density at radius 1 is 1.42 bits per heavy atom. The number of aryl methyl sites for hydroxylation is 2. The first-order chi connectivity index (χ1) is 5.33. The lowest BCUT2D eigenvalue weighted by Gasteiger charge is -1.93. The number of aromatic nitrogens is 2. The molecule has 4 heteroatoms. The van der Waals surface area contributed by atoms with E-state index in [1.54, 1.807) is 0 Å². The molecule has 0 fully saturated rings. The molecule has 0 aliphatic carbocycles. The van der Waals surface area contributed by atoms with Crippen LogP contribution >= 0.6 is 0 Å². The predicted molar refractivity (Wildman–Crippen MR) is 41.9 cm³/mol. The van der Waals surface area contributed by atoms with Crippen LogP contribution in [0.4, 0.5) is 0 Å². The number of halogens is 1. The molecular formula is C8H15ClN2O. The van der Waals surface area contributed by atoms with E-state index in [1.807, 2.05) is 30.3 Å². The number of hydrogen-bond acceptors (Lipinski definition) is 1. The maximum absolute atomic E-state index is 8.54. The smallest absolute Gasteiger partial charge is 0.243 e. The van der Waals surface area contributed by atoms with Gasteiger partial charge in [0.1, 0.15) is 12.4 Å². The lowest BCUT2D eigenvalue weighted by molar-refractivity contribution is -0.696. The molecule has 0 amide bonds. The third kappa shape index (κ3) is 3.74. The van der Waals surface area contributed by atoms with Crippen LogP contribution in [-0.2, 0) is 13.6 Å². The monoisotopic (exact) mass is 190 g/mol. The van der Waals surface area contributed by atoms with E-state index in [-0.39, 0.29) is 12.4 Å². The summed E-state index contributed by atoms with van der Waals surface area (Å²) in [5, 5.41) is 8.54. The summed E-state index contributed by atoms with van der Waals surface area (Å²) in [6.45, 7) is 1.30. The molecule has 1 aromatic rings. The molecule has 0 aliphatic heterocycles. The van der Waals surface area contributed by atoms with Crippen molar-refractivity contribution in [2.75, 3.05) is 6.61 Å². The highest BCUT2D eigenvalue weighted by Crippen LogP contribution is 1.86. The Bertz CT molecular complexity index is 213. The Morgan fingerprint density at radius 2 is 2.17 bits per heavy atom. The molecule has 0 unspecified atom stereocenters. The maximum atomic E-state index is 8.54. The predicted octanol–water partition coefficient (Wildman–Crippen LogP) is -2.91. The molecule has 0 atom stereocenters. The maximum Gasteiger partial charge on any atom is 0.243 e. The minimum Gasteiger partial charge on any atom is -1.00 e. The van der Waals surface area contributed by atoms with Gasteiger partial charge in [-0.15, -0.1) is 0 Å². The number of hydrogen-bond donors (Lipinski definition) is 1. The molecule has 1 heterocycles. The van der Waals surface area contributed by atoms with Gasteiger partial charge in [0.2, 0.25) is 6.33 Å². The van der Waals surface area contributed by atoms with Crippen LogP contribution in [0.1, 0.15) is 12.8 Å². The summed E-state index contributed by atoms with van der Waals surface area (Å²) in [5.74, 6) is 0. The summed E-state index contributed by atoms with van der Waals surface area (Å²) in [7, 11) is 2.00. The minimum atomic E-state index is 0. The van der Waals surface area contributed by atoms with Gasteiger partial charge in [-0.3, -0.25) is 0 Å². The summed E-state index contributed by atoms with van der Waals surface area (Å²) in [6, 6.07) is 0. The van der Waals surface area contributed by atoms with Gasteiger partial charge in [0.05, 0.1) is 13.6 Å². The van der Waals surface area contributed by atoms with Crippen molar-refractivity contribution in [2.45, 2.75) is 19.4 Å². The van der Waals surface area contributed by atoms with Gasteiger partial charge in [-0.05, 0) is 12.8 Å². The van der Waals surface area contributed by atoms with E-state index >= 15 is 0 Å². The van der Waals surface area contributed by atoms with Crippen molar-refractivity contribution >= 4 is 0 Å². The fourth-order valence-corrected chi connectivity index (χ4v) is 1.04. The van der Waals surface area contributed by atoms with Crippen LogP contribution in [0.15, 0.2) is 18.7 Å². The van der Waals surface area contributed by atoms with Gasteiger partial charge in [0, 0.05) is 6.61 Å². The highest BCUT2D eigenvalue weighted by Gasteiger charge is 1.97. The van der Waals surface area contributed by atoms with Crippen molar-refractivity contribution in [3.8, 4) is 0 Å². The zero-order valence-electron chi connectivity index (χ0n) is 7.28. The summed E-state index contributed by atoms with van der Waals surface area (Å²) in [4.78, 5) is 0. The molecular weight excluding hydrogens is 176 g/mol. The second-order valence-corrected chi connectivity index (χ2v) is 2.75. The zero-order valence-corrected chi connectivity index (χ0v) is 8.04. The van der Waals surface area contributed by atoms with Crippen molar-refractivity contribution in [1.29, 1.82) is 0 Å². The topological polar surface area (TPSA) is 29.0 Å². The van der Waals surface area contributed by atoms with Gasteiger partial charge in [-0.1, -0.05) is 0 Å². The number of aliphatic hydroxyl groups excluding tert-OH is 1. The molecule has 0 saturated carbocycles. The van der Waals surface area contributed by atoms with E-state index in [2.05, 4.69) is 4.57 Å². The quantitative estimate of drug-likeness (QED) is 0.401. The Kier molecular flexibility index (Phi) is 5.76. The molecule has 70 valence electrons. The Balaban J connectivity index is 0.00000121. The fourth-order valence-electron chi connectivity index (χ4n) is 1.04. The number of aliphatic hydroxyl groups is 1. The molecule has 0 aromatic carbocycles. The Labute approximate surface area is 79.1 Å². The van der Waals surface area contributed by atoms with E-state index in [0.29, 0.717) is 6.61 Å². The fraction of sp³-hybridized carbons (Fsp3) is 0.625. The van der Waals surface area contributed by atoms with Crippen LogP contribution in [0.5, 0.6) is 0 Å².